The highest BCUT2D eigenvalue weighted by Gasteiger charge is 2.24. The molecule has 1 aliphatic heterocycles. The van der Waals surface area contributed by atoms with Crippen LogP contribution in [0.15, 0.2) is 28.6 Å². The Balaban J connectivity index is 0.00000225. The smallest absolute Gasteiger partial charge is 0.341 e. The van der Waals surface area contributed by atoms with Crippen molar-refractivity contribution in [3.8, 4) is 5.13 Å². The number of carboxylic acid groups (broad SMARTS) is 1. The van der Waals surface area contributed by atoms with E-state index in [2.05, 4.69) is 9.97 Å². The molecule has 4 heterocycles. The predicted octanol–water partition coefficient (Wildman–Crippen LogP) is 2.03. The molecule has 3 aromatic rings. The molecule has 0 aromatic carbocycles. The minimum Gasteiger partial charge on any atom is -0.477 e. The molecule has 3 aromatic heterocycles. The Hall–Kier alpha value is -2.56. The maximum absolute atomic E-state index is 14.7. The molecule has 11 heteroatoms. The summed E-state index contributed by atoms with van der Waals surface area (Å²) in [5.41, 5.74) is 4.84. The number of aromatic nitrogens is 3. The molecule has 1 fully saturated rings. The van der Waals surface area contributed by atoms with Crippen molar-refractivity contribution in [3.63, 3.8) is 0 Å². The Morgan fingerprint density at radius 2 is 2.07 bits per heavy atom. The summed E-state index contributed by atoms with van der Waals surface area (Å²) < 4.78 is 16.2. The third-order valence-corrected chi connectivity index (χ3v) is 5.38. The molecule has 0 aliphatic carbocycles. The Labute approximate surface area is 168 Å². The van der Waals surface area contributed by atoms with Gasteiger partial charge in [0.15, 0.2) is 22.4 Å². The van der Waals surface area contributed by atoms with E-state index in [4.69, 9.17) is 5.73 Å². The number of nitrogens with two attached hydrogens (primary N) is 1. The van der Waals surface area contributed by atoms with Crippen molar-refractivity contribution in [2.24, 2.45) is 5.73 Å². The van der Waals surface area contributed by atoms with Crippen molar-refractivity contribution >= 4 is 46.6 Å². The van der Waals surface area contributed by atoms with Gasteiger partial charge in [-0.15, -0.1) is 23.7 Å². The molecular weight excluding hydrogens is 409 g/mol. The van der Waals surface area contributed by atoms with Gasteiger partial charge in [0.25, 0.3) is 0 Å². The second-order valence-corrected chi connectivity index (χ2v) is 7.22. The molecule has 1 aliphatic rings. The van der Waals surface area contributed by atoms with Gasteiger partial charge in [-0.1, -0.05) is 0 Å². The number of aromatic carboxylic acids is 1. The molecule has 0 amide bonds. The van der Waals surface area contributed by atoms with Crippen molar-refractivity contribution < 1.29 is 14.3 Å². The number of piperidine rings is 1. The molecule has 0 unspecified atom stereocenters. The number of anilines is 1. The standard InChI is InChI=1S/C17H16FN5O3S.ClH/c18-12-7-10-13(24)11(16(25)26)8-23(17-20-3-6-27-17)14(10)21-15(12)22-4-1-9(19)2-5-22;/h3,6-9H,1-2,4-5,19H2,(H,25,26);1H. The van der Waals surface area contributed by atoms with Crippen LogP contribution in [0.5, 0.6) is 0 Å². The normalized spacial score (nSPS) is 14.9. The first-order valence-corrected chi connectivity index (χ1v) is 9.23. The van der Waals surface area contributed by atoms with E-state index in [0.717, 1.165) is 18.9 Å². The zero-order chi connectivity index (χ0) is 19.1. The largest absolute Gasteiger partial charge is 0.477 e. The second-order valence-electron chi connectivity index (χ2n) is 6.35. The van der Waals surface area contributed by atoms with Crippen molar-refractivity contribution in [1.82, 2.24) is 14.5 Å². The molecule has 0 bridgehead atoms. The third kappa shape index (κ3) is 3.46. The SMILES string of the molecule is Cl.NC1CCN(c2nc3c(cc2F)c(=O)c(C(=O)O)cn3-c2nccs2)CC1. The molecule has 148 valence electrons. The Bertz CT molecular complexity index is 1080. The van der Waals surface area contributed by atoms with E-state index in [1.165, 1.54) is 22.1 Å². The van der Waals surface area contributed by atoms with Crippen molar-refractivity contribution in [3.05, 3.63) is 45.4 Å². The summed E-state index contributed by atoms with van der Waals surface area (Å²) in [6.45, 7) is 1.12. The first-order chi connectivity index (χ1) is 13.0. The quantitative estimate of drug-likeness (QED) is 0.659. The second kappa shape index (κ2) is 7.82. The molecule has 1 saturated heterocycles. The lowest BCUT2D eigenvalue weighted by atomic mass is 10.1. The topological polar surface area (TPSA) is 114 Å². The zero-order valence-corrected chi connectivity index (χ0v) is 16.2. The summed E-state index contributed by atoms with van der Waals surface area (Å²) in [6, 6.07) is 1.14. The van der Waals surface area contributed by atoms with E-state index in [1.807, 2.05) is 0 Å². The van der Waals surface area contributed by atoms with Crippen LogP contribution in [0.4, 0.5) is 10.2 Å². The number of carbonyl (C=O) groups is 1. The summed E-state index contributed by atoms with van der Waals surface area (Å²) in [7, 11) is 0. The van der Waals surface area contributed by atoms with E-state index in [1.54, 1.807) is 16.5 Å². The van der Waals surface area contributed by atoms with Crippen LogP contribution >= 0.6 is 23.7 Å². The number of hydrogen-bond acceptors (Lipinski definition) is 7. The minimum absolute atomic E-state index is 0. The fraction of sp³-hybridized carbons (Fsp3) is 0.294. The average molecular weight is 426 g/mol. The zero-order valence-electron chi connectivity index (χ0n) is 14.5. The van der Waals surface area contributed by atoms with Crippen molar-refractivity contribution in [2.75, 3.05) is 18.0 Å². The number of carboxylic acids is 1. The fourth-order valence-corrected chi connectivity index (χ4v) is 3.80. The van der Waals surface area contributed by atoms with Crippen LogP contribution in [0.25, 0.3) is 16.2 Å². The first kappa shape index (κ1) is 20.2. The summed E-state index contributed by atoms with van der Waals surface area (Å²) in [5.74, 6) is -1.92. The van der Waals surface area contributed by atoms with Crippen molar-refractivity contribution in [1.29, 1.82) is 0 Å². The molecule has 4 rings (SSSR count). The molecule has 0 radical (unpaired) electrons. The van der Waals surface area contributed by atoms with E-state index in [-0.39, 0.29) is 35.3 Å². The van der Waals surface area contributed by atoms with Gasteiger partial charge in [0.2, 0.25) is 5.43 Å². The maximum atomic E-state index is 14.7. The third-order valence-electron chi connectivity index (χ3n) is 4.61. The van der Waals surface area contributed by atoms with Gasteiger partial charge in [-0.3, -0.25) is 9.36 Å². The van der Waals surface area contributed by atoms with E-state index in [9.17, 15) is 19.1 Å². The average Bonchev–Trinajstić information content (AvgIpc) is 3.17. The van der Waals surface area contributed by atoms with Crippen LogP contribution < -0.4 is 16.1 Å². The number of thiazole rings is 1. The fourth-order valence-electron chi connectivity index (χ4n) is 3.18. The van der Waals surface area contributed by atoms with Gasteiger partial charge in [-0.05, 0) is 18.9 Å². The Kier molecular flexibility index (Phi) is 5.64. The van der Waals surface area contributed by atoms with Crippen LogP contribution in [0.1, 0.15) is 23.2 Å². The van der Waals surface area contributed by atoms with Gasteiger partial charge < -0.3 is 15.7 Å². The van der Waals surface area contributed by atoms with Crippen LogP contribution in [0.2, 0.25) is 0 Å². The lowest BCUT2D eigenvalue weighted by Gasteiger charge is -2.31. The highest BCUT2D eigenvalue weighted by atomic mass is 35.5. The number of nitrogens with zero attached hydrogens (tertiary/aromatic N) is 4. The molecule has 0 atom stereocenters. The number of fused-ring (bicyclic) bond motifs is 1. The number of halogens is 2. The molecule has 0 saturated carbocycles. The van der Waals surface area contributed by atoms with Crippen LogP contribution in [0.3, 0.4) is 0 Å². The Morgan fingerprint density at radius 3 is 2.68 bits per heavy atom. The van der Waals surface area contributed by atoms with Gasteiger partial charge in [0.1, 0.15) is 5.56 Å². The molecule has 0 spiro atoms. The van der Waals surface area contributed by atoms with Gasteiger partial charge in [-0.25, -0.2) is 19.2 Å². The molecule has 28 heavy (non-hydrogen) atoms. The number of hydrogen-bond donors (Lipinski definition) is 2. The first-order valence-electron chi connectivity index (χ1n) is 8.35. The van der Waals surface area contributed by atoms with Gasteiger partial charge in [-0.2, -0.15) is 0 Å². The summed E-state index contributed by atoms with van der Waals surface area (Å²) in [6.07, 6.45) is 4.18. The van der Waals surface area contributed by atoms with Crippen LogP contribution in [-0.4, -0.2) is 44.7 Å². The van der Waals surface area contributed by atoms with E-state index < -0.39 is 22.8 Å². The lowest BCUT2D eigenvalue weighted by molar-refractivity contribution is 0.0695. The summed E-state index contributed by atoms with van der Waals surface area (Å²) >= 11 is 1.26. The van der Waals surface area contributed by atoms with E-state index in [0.29, 0.717) is 18.2 Å². The Morgan fingerprint density at radius 1 is 1.36 bits per heavy atom. The van der Waals surface area contributed by atoms with Crippen LogP contribution in [-0.2, 0) is 0 Å². The minimum atomic E-state index is -1.39. The number of pyridine rings is 2. The maximum Gasteiger partial charge on any atom is 0.341 e. The van der Waals surface area contributed by atoms with Gasteiger partial charge >= 0.3 is 5.97 Å². The predicted molar refractivity (Wildman–Crippen MR) is 107 cm³/mol. The van der Waals surface area contributed by atoms with E-state index >= 15 is 0 Å². The molecule has 8 nitrogen and oxygen atoms in total. The van der Waals surface area contributed by atoms with Gasteiger partial charge in [0, 0.05) is 36.9 Å². The van der Waals surface area contributed by atoms with Gasteiger partial charge in [0.05, 0.1) is 5.39 Å². The monoisotopic (exact) mass is 425 g/mol. The highest BCUT2D eigenvalue weighted by molar-refractivity contribution is 7.12. The summed E-state index contributed by atoms with van der Waals surface area (Å²) in [4.78, 5) is 34.3. The van der Waals surface area contributed by atoms with Crippen molar-refractivity contribution in [2.45, 2.75) is 18.9 Å². The number of rotatable bonds is 3. The highest BCUT2D eigenvalue weighted by Crippen LogP contribution is 2.26. The lowest BCUT2D eigenvalue weighted by Crippen LogP contribution is -2.40. The molecular formula is C17H17ClFN5O3S. The summed E-state index contributed by atoms with van der Waals surface area (Å²) in [5, 5.41) is 11.4. The van der Waals surface area contributed by atoms with Crippen LogP contribution in [0, 0.1) is 5.82 Å². The molecule has 3 N–H and O–H groups in total.